The van der Waals surface area contributed by atoms with Gasteiger partial charge in [-0.25, -0.2) is 4.98 Å². The molecule has 0 saturated carbocycles. The molecular formula is C13H23N3. The lowest BCUT2D eigenvalue weighted by Crippen LogP contribution is -2.28. The summed E-state index contributed by atoms with van der Waals surface area (Å²) in [5.41, 5.74) is 8.64. The van der Waals surface area contributed by atoms with Gasteiger partial charge in [0.1, 0.15) is 5.82 Å². The molecule has 0 amide bonds. The molecule has 0 aliphatic heterocycles. The molecule has 0 aromatic carbocycles. The minimum absolute atomic E-state index is 0.310. The molecule has 0 spiro atoms. The van der Waals surface area contributed by atoms with Gasteiger partial charge in [0.05, 0.1) is 5.69 Å². The molecule has 0 saturated heterocycles. The third kappa shape index (κ3) is 1.88. The van der Waals surface area contributed by atoms with E-state index in [1.807, 2.05) is 0 Å². The molecule has 1 aliphatic carbocycles. The number of rotatable bonds is 2. The fourth-order valence-corrected chi connectivity index (χ4v) is 2.46. The highest BCUT2D eigenvalue weighted by atomic mass is 15.1. The Hall–Kier alpha value is -0.830. The summed E-state index contributed by atoms with van der Waals surface area (Å²) in [7, 11) is 2.15. The van der Waals surface area contributed by atoms with Gasteiger partial charge in [-0.05, 0) is 18.8 Å². The van der Waals surface area contributed by atoms with Crippen LogP contribution in [0.5, 0.6) is 0 Å². The minimum Gasteiger partial charge on any atom is -0.335 e. The van der Waals surface area contributed by atoms with Crippen molar-refractivity contribution in [3.8, 4) is 0 Å². The van der Waals surface area contributed by atoms with E-state index in [0.29, 0.717) is 17.9 Å². The summed E-state index contributed by atoms with van der Waals surface area (Å²) in [5, 5.41) is 0. The summed E-state index contributed by atoms with van der Waals surface area (Å²) in [4.78, 5) is 4.80. The second kappa shape index (κ2) is 4.21. The average Bonchev–Trinajstić information content (AvgIpc) is 2.54. The largest absolute Gasteiger partial charge is 0.335 e. The number of fused-ring (bicyclic) bond motifs is 1. The van der Waals surface area contributed by atoms with Crippen LogP contribution in [0.1, 0.15) is 50.3 Å². The van der Waals surface area contributed by atoms with Crippen LogP contribution in [0.3, 0.4) is 0 Å². The van der Waals surface area contributed by atoms with Crippen LogP contribution in [-0.4, -0.2) is 15.6 Å². The quantitative estimate of drug-likeness (QED) is 0.830. The lowest BCUT2D eigenvalue weighted by Gasteiger charge is -2.18. The first-order valence-electron chi connectivity index (χ1n) is 6.30. The van der Waals surface area contributed by atoms with Crippen LogP contribution < -0.4 is 5.73 Å². The fourth-order valence-electron chi connectivity index (χ4n) is 2.46. The summed E-state index contributed by atoms with van der Waals surface area (Å²) in [6.07, 6.45) is 3.14. The van der Waals surface area contributed by atoms with Crippen molar-refractivity contribution in [2.24, 2.45) is 18.7 Å². The first kappa shape index (κ1) is 11.6. The van der Waals surface area contributed by atoms with Crippen molar-refractivity contribution in [2.45, 2.75) is 52.0 Å². The van der Waals surface area contributed by atoms with E-state index in [2.05, 4.69) is 32.4 Å². The zero-order valence-electron chi connectivity index (χ0n) is 10.8. The van der Waals surface area contributed by atoms with E-state index >= 15 is 0 Å². The Morgan fingerprint density at radius 1 is 1.38 bits per heavy atom. The third-order valence-corrected chi connectivity index (χ3v) is 3.95. The molecule has 2 N–H and O–H groups in total. The normalized spacial score (nSPS) is 22.2. The highest BCUT2D eigenvalue weighted by molar-refractivity contribution is 5.23. The maximum atomic E-state index is 6.00. The predicted octanol–water partition coefficient (Wildman–Crippen LogP) is 2.00. The lowest BCUT2D eigenvalue weighted by molar-refractivity contribution is 0.493. The summed E-state index contributed by atoms with van der Waals surface area (Å²) >= 11 is 0. The third-order valence-electron chi connectivity index (χ3n) is 3.95. The highest BCUT2D eigenvalue weighted by Gasteiger charge is 2.24. The van der Waals surface area contributed by atoms with E-state index in [9.17, 15) is 0 Å². The van der Waals surface area contributed by atoms with Gasteiger partial charge in [-0.15, -0.1) is 0 Å². The van der Waals surface area contributed by atoms with Gasteiger partial charge in [0.2, 0.25) is 0 Å². The van der Waals surface area contributed by atoms with Crippen LogP contribution in [0.15, 0.2) is 0 Å². The summed E-state index contributed by atoms with van der Waals surface area (Å²) in [5.74, 6) is 2.39. The molecule has 90 valence electrons. The first-order chi connectivity index (χ1) is 7.50. The molecule has 0 bridgehead atoms. The van der Waals surface area contributed by atoms with Gasteiger partial charge >= 0.3 is 0 Å². The maximum Gasteiger partial charge on any atom is 0.112 e. The van der Waals surface area contributed by atoms with Crippen molar-refractivity contribution < 1.29 is 0 Å². The van der Waals surface area contributed by atoms with Crippen LogP contribution in [0.4, 0.5) is 0 Å². The second-order valence-electron chi connectivity index (χ2n) is 5.46. The molecule has 16 heavy (non-hydrogen) atoms. The van der Waals surface area contributed by atoms with Gasteiger partial charge in [-0.1, -0.05) is 20.8 Å². The number of hydrogen-bond donors (Lipinski definition) is 1. The molecule has 1 aromatic heterocycles. The van der Waals surface area contributed by atoms with Gasteiger partial charge in [0.15, 0.2) is 0 Å². The second-order valence-corrected chi connectivity index (χ2v) is 5.46. The molecule has 2 atom stereocenters. The molecule has 1 aromatic rings. The van der Waals surface area contributed by atoms with Gasteiger partial charge in [0, 0.05) is 31.1 Å². The minimum atomic E-state index is 0.310. The monoisotopic (exact) mass is 221 g/mol. The van der Waals surface area contributed by atoms with Crippen LogP contribution in [0.2, 0.25) is 0 Å². The zero-order chi connectivity index (χ0) is 11.9. The van der Waals surface area contributed by atoms with Crippen LogP contribution in [0.25, 0.3) is 0 Å². The van der Waals surface area contributed by atoms with Crippen molar-refractivity contribution in [1.29, 1.82) is 0 Å². The summed E-state index contributed by atoms with van der Waals surface area (Å²) in [6, 6.07) is 0.310. The van der Waals surface area contributed by atoms with Crippen LogP contribution >= 0.6 is 0 Å². The van der Waals surface area contributed by atoms with Crippen molar-refractivity contribution in [2.75, 3.05) is 0 Å². The Balaban J connectivity index is 2.35. The topological polar surface area (TPSA) is 43.8 Å². The number of imidazole rings is 1. The van der Waals surface area contributed by atoms with Crippen molar-refractivity contribution in [1.82, 2.24) is 9.55 Å². The number of nitrogens with zero attached hydrogens (tertiary/aromatic N) is 2. The SMILES string of the molecule is CC(C)C(C)c1nc2c(n1C)CCC(N)C2. The van der Waals surface area contributed by atoms with Crippen LogP contribution in [-0.2, 0) is 19.9 Å². The van der Waals surface area contributed by atoms with Crippen molar-refractivity contribution in [3.05, 3.63) is 17.2 Å². The van der Waals surface area contributed by atoms with E-state index in [4.69, 9.17) is 10.7 Å². The van der Waals surface area contributed by atoms with E-state index in [1.165, 1.54) is 17.2 Å². The fraction of sp³-hybridized carbons (Fsp3) is 0.769. The standard InChI is InChI=1S/C13H23N3/c1-8(2)9(3)13-15-11-7-10(14)5-6-12(11)16(13)4/h8-10H,5-7,14H2,1-4H3. The van der Waals surface area contributed by atoms with Gasteiger partial charge < -0.3 is 10.3 Å². The maximum absolute atomic E-state index is 6.00. The van der Waals surface area contributed by atoms with E-state index < -0.39 is 0 Å². The average molecular weight is 221 g/mol. The molecular weight excluding hydrogens is 198 g/mol. The summed E-state index contributed by atoms with van der Waals surface area (Å²) < 4.78 is 2.30. The Morgan fingerprint density at radius 3 is 2.69 bits per heavy atom. The Kier molecular flexibility index (Phi) is 3.06. The Bertz CT molecular complexity index is 379. The predicted molar refractivity (Wildman–Crippen MR) is 66.5 cm³/mol. The number of nitrogens with two attached hydrogens (primary N) is 1. The molecule has 2 rings (SSSR count). The molecule has 3 nitrogen and oxygen atoms in total. The van der Waals surface area contributed by atoms with Gasteiger partial charge in [-0.3, -0.25) is 0 Å². The Morgan fingerprint density at radius 2 is 2.06 bits per heavy atom. The molecule has 2 unspecified atom stereocenters. The van der Waals surface area contributed by atoms with Crippen molar-refractivity contribution in [3.63, 3.8) is 0 Å². The van der Waals surface area contributed by atoms with Crippen LogP contribution in [0, 0.1) is 5.92 Å². The smallest absolute Gasteiger partial charge is 0.112 e. The lowest BCUT2D eigenvalue weighted by atomic mass is 9.97. The molecule has 1 heterocycles. The molecule has 1 aliphatic rings. The van der Waals surface area contributed by atoms with E-state index in [-0.39, 0.29) is 0 Å². The first-order valence-corrected chi connectivity index (χ1v) is 6.30. The summed E-state index contributed by atoms with van der Waals surface area (Å²) in [6.45, 7) is 6.77. The Labute approximate surface area is 98.1 Å². The van der Waals surface area contributed by atoms with Gasteiger partial charge in [0.25, 0.3) is 0 Å². The number of hydrogen-bond acceptors (Lipinski definition) is 2. The van der Waals surface area contributed by atoms with E-state index in [1.54, 1.807) is 0 Å². The van der Waals surface area contributed by atoms with E-state index in [0.717, 1.165) is 19.3 Å². The molecule has 0 fully saturated rings. The zero-order valence-corrected chi connectivity index (χ0v) is 10.8. The molecule has 3 heteroatoms. The number of aromatic nitrogens is 2. The highest BCUT2D eigenvalue weighted by Crippen LogP contribution is 2.28. The van der Waals surface area contributed by atoms with Gasteiger partial charge in [-0.2, -0.15) is 0 Å². The van der Waals surface area contributed by atoms with Crippen molar-refractivity contribution >= 4 is 0 Å². The molecule has 0 radical (unpaired) electrons.